The number of hydrogen-bond donors (Lipinski definition) is 6. The van der Waals surface area contributed by atoms with Crippen LogP contribution < -0.4 is 26.1 Å². The van der Waals surface area contributed by atoms with Gasteiger partial charge in [-0.3, -0.25) is 24.2 Å². The minimum Gasteiger partial charge on any atom is -0.507 e. The number of likely N-dealkylation sites (tertiary alicyclic amines) is 1. The number of methoxy groups -OCH3 is 1. The smallest absolute Gasteiger partial charge is 0.315 e. The van der Waals surface area contributed by atoms with Crippen LogP contribution in [0.2, 0.25) is 0 Å². The molecule has 1 unspecified atom stereocenters. The molecule has 69 heavy (non-hydrogen) atoms. The van der Waals surface area contributed by atoms with Gasteiger partial charge in [-0.25, -0.2) is 4.99 Å². The average Bonchev–Trinajstić information content (AvgIpc) is 3.79. The van der Waals surface area contributed by atoms with Gasteiger partial charge in [-0.15, -0.1) is 0 Å². The minimum atomic E-state index is -2.01. The van der Waals surface area contributed by atoms with E-state index in [1.54, 1.807) is 46.8 Å². The average molecular weight is 1070 g/mol. The molecule has 0 aliphatic carbocycles. The number of aliphatic hydroxyl groups is 2. The van der Waals surface area contributed by atoms with Crippen molar-refractivity contribution in [1.82, 2.24) is 15.1 Å². The lowest BCUT2D eigenvalue weighted by Crippen LogP contribution is -2.47. The normalized spacial score (nSPS) is 30.6. The maximum Gasteiger partial charge on any atom is 0.315 e. The molecule has 10 atom stereocenters. The number of amides is 2. The lowest BCUT2D eigenvalue weighted by molar-refractivity contribution is -0.164. The number of Topliss-reactive ketones (excluding diaryl/α,β-unsaturated/α-hetero) is 1. The van der Waals surface area contributed by atoms with E-state index in [1.165, 1.54) is 39.4 Å². The van der Waals surface area contributed by atoms with Crippen molar-refractivity contribution in [2.24, 2.45) is 33.7 Å². The lowest BCUT2D eigenvalue weighted by atomic mass is 9.78. The number of ether oxygens (including phenoxy) is 4. The van der Waals surface area contributed by atoms with Gasteiger partial charge in [-0.05, 0) is 34.0 Å². The number of phenols is 2. The number of ketones is 1. The number of esters is 1. The maximum atomic E-state index is 14.9. The number of carbonyl (C=O) groups excluding carboxylic acids is 4. The number of halogens is 1. The molecule has 1 saturated heterocycles. The molecule has 0 radical (unpaired) electrons. The van der Waals surface area contributed by atoms with Crippen molar-refractivity contribution in [3.63, 3.8) is 0 Å². The highest BCUT2D eigenvalue weighted by molar-refractivity contribution is 14.1. The van der Waals surface area contributed by atoms with Crippen molar-refractivity contribution in [1.29, 1.82) is 0 Å². The fourth-order valence-electron chi connectivity index (χ4n) is 9.69. The third kappa shape index (κ3) is 11.3. The second kappa shape index (κ2) is 21.8. The molecule has 0 saturated carbocycles. The lowest BCUT2D eigenvalue weighted by Gasteiger charge is -2.38. The number of aliphatic hydroxyl groups excluding tert-OH is 2. The second-order valence-corrected chi connectivity index (χ2v) is 21.7. The van der Waals surface area contributed by atoms with Gasteiger partial charge in [0, 0.05) is 104 Å². The molecule has 378 valence electrons. The van der Waals surface area contributed by atoms with Gasteiger partial charge in [0.05, 0.1) is 41.2 Å². The molecule has 2 aromatic carbocycles. The molecule has 4 heterocycles. The number of aromatic hydroxyl groups is 2. The zero-order valence-electron chi connectivity index (χ0n) is 41.5. The van der Waals surface area contributed by atoms with Crippen LogP contribution >= 0.6 is 22.6 Å². The van der Waals surface area contributed by atoms with E-state index in [0.29, 0.717) is 48.6 Å². The summed E-state index contributed by atoms with van der Waals surface area (Å²) in [7, 11) is 5.14. The van der Waals surface area contributed by atoms with Crippen LogP contribution in [0.4, 0.5) is 5.69 Å². The SMILES string of the molecule is CO[C@H]1/C=C/O[C@@]2(C)Oc3c(C)c(O)c4c(O)c(c5c(c4c3C2=O)NC2(CCN(CC(C)I)CC2)N=5)=NC(=O)/C(C)=C\C=C\[C@H](C)[C@H](O)[C@@H](C)[C@@H](O)[C@@H](C)[C@H](OC(=O)CC(=O)NCCN(C)C)[C@@H]1C. The Morgan fingerprint density at radius 2 is 1.70 bits per heavy atom. The number of fused-ring (bicyclic) bond motifs is 1. The highest BCUT2D eigenvalue weighted by atomic mass is 127. The molecule has 18 nitrogen and oxygen atoms in total. The molecule has 4 aliphatic heterocycles. The zero-order chi connectivity index (χ0) is 50.9. The number of likely N-dealkylation sites (N-methyl/N-ethyl adjacent to an activating group) is 1. The number of benzene rings is 2. The van der Waals surface area contributed by atoms with Gasteiger partial charge < -0.3 is 59.8 Å². The van der Waals surface area contributed by atoms with Gasteiger partial charge in [0.1, 0.15) is 40.4 Å². The summed E-state index contributed by atoms with van der Waals surface area (Å²) in [6, 6.07) is 0. The number of alkyl halides is 1. The number of piperidine rings is 1. The largest absolute Gasteiger partial charge is 0.507 e. The van der Waals surface area contributed by atoms with Crippen LogP contribution in [-0.2, 0) is 28.6 Å². The Kier molecular flexibility index (Phi) is 16.9. The zero-order valence-corrected chi connectivity index (χ0v) is 43.6. The third-order valence-corrected chi connectivity index (χ3v) is 14.3. The van der Waals surface area contributed by atoms with Crippen LogP contribution in [0.3, 0.4) is 0 Å². The quantitative estimate of drug-likeness (QED) is 0.0685. The van der Waals surface area contributed by atoms with Crippen LogP contribution in [0.1, 0.15) is 83.7 Å². The second-order valence-electron chi connectivity index (χ2n) is 19.6. The molecule has 0 aromatic heterocycles. The molecule has 6 rings (SSSR count). The number of rotatable bonds is 9. The Morgan fingerprint density at radius 1 is 1.01 bits per heavy atom. The number of nitrogens with one attached hydrogen (secondary N) is 2. The molecule has 2 amide bonds. The summed E-state index contributed by atoms with van der Waals surface area (Å²) in [6.45, 7) is 16.7. The van der Waals surface area contributed by atoms with Crippen LogP contribution in [-0.4, -0.2) is 148 Å². The molecular formula is C50H69IN6O12. The molecule has 6 N–H and O–H groups in total. The number of anilines is 1. The topological polar surface area (TPSA) is 241 Å². The van der Waals surface area contributed by atoms with Gasteiger partial charge in [0.15, 0.2) is 5.75 Å². The highest BCUT2D eigenvalue weighted by Crippen LogP contribution is 2.51. The van der Waals surface area contributed by atoms with E-state index in [9.17, 15) is 39.6 Å². The Morgan fingerprint density at radius 3 is 2.33 bits per heavy atom. The third-order valence-electron chi connectivity index (χ3n) is 14.0. The Hall–Kier alpha value is -4.67. The monoisotopic (exact) mass is 1070 g/mol. The summed E-state index contributed by atoms with van der Waals surface area (Å²) >= 11 is 2.40. The van der Waals surface area contributed by atoms with Crippen molar-refractivity contribution in [2.75, 3.05) is 59.2 Å². The Labute approximate surface area is 417 Å². The van der Waals surface area contributed by atoms with Crippen LogP contribution in [0.15, 0.2) is 46.1 Å². The first kappa shape index (κ1) is 53.7. The number of carbonyl (C=O) groups is 4. The van der Waals surface area contributed by atoms with Gasteiger partial charge in [-0.2, -0.15) is 0 Å². The van der Waals surface area contributed by atoms with Crippen molar-refractivity contribution < 1.29 is 58.6 Å². The summed E-state index contributed by atoms with van der Waals surface area (Å²) < 4.78 is 24.8. The number of allylic oxidation sites excluding steroid dienone is 2. The van der Waals surface area contributed by atoms with E-state index >= 15 is 0 Å². The van der Waals surface area contributed by atoms with Gasteiger partial charge >= 0.3 is 11.8 Å². The van der Waals surface area contributed by atoms with Crippen molar-refractivity contribution in [3.8, 4) is 17.2 Å². The van der Waals surface area contributed by atoms with E-state index in [1.807, 2.05) is 19.0 Å². The van der Waals surface area contributed by atoms with Gasteiger partial charge in [0.2, 0.25) is 5.91 Å². The summed E-state index contributed by atoms with van der Waals surface area (Å²) in [6.07, 6.45) is 3.79. The first-order chi connectivity index (χ1) is 32.4. The Balaban J connectivity index is 1.47. The number of hydrogen-bond acceptors (Lipinski definition) is 16. The molecule has 1 fully saturated rings. The van der Waals surface area contributed by atoms with Crippen molar-refractivity contribution in [3.05, 3.63) is 58.0 Å². The summed E-state index contributed by atoms with van der Waals surface area (Å²) in [5.41, 5.74) is -0.250. The predicted octanol–water partition coefficient (Wildman–Crippen LogP) is 3.96. The Bertz CT molecular complexity index is 2540. The highest BCUT2D eigenvalue weighted by Gasteiger charge is 2.51. The number of nitrogens with zero attached hydrogens (tertiary/aromatic N) is 4. The first-order valence-corrected chi connectivity index (χ1v) is 24.8. The minimum absolute atomic E-state index is 0.0230. The van der Waals surface area contributed by atoms with Gasteiger partial charge in [-0.1, -0.05) is 75.4 Å². The van der Waals surface area contributed by atoms with E-state index in [4.69, 9.17) is 23.9 Å². The fourth-order valence-corrected chi connectivity index (χ4v) is 10.2. The molecule has 2 aromatic rings. The molecular weight excluding hydrogens is 1000 g/mol. The maximum absolute atomic E-state index is 14.9. The van der Waals surface area contributed by atoms with E-state index < -0.39 is 101 Å². The fraction of sp³-hybridized carbons (Fsp3) is 0.600. The summed E-state index contributed by atoms with van der Waals surface area (Å²) in [5.74, 6) is -8.49. The predicted molar refractivity (Wildman–Crippen MR) is 267 cm³/mol. The molecule has 4 bridgehead atoms. The molecule has 1 spiro atoms. The summed E-state index contributed by atoms with van der Waals surface area (Å²) in [4.78, 5) is 68.8. The number of phenolic OH excluding ortho intramolecular Hbond substituents is 2. The van der Waals surface area contributed by atoms with Crippen LogP contribution in [0.5, 0.6) is 17.2 Å². The van der Waals surface area contributed by atoms with E-state index in [-0.39, 0.29) is 43.9 Å². The van der Waals surface area contributed by atoms with E-state index in [0.717, 1.165) is 6.54 Å². The van der Waals surface area contributed by atoms with Gasteiger partial charge in [0.25, 0.3) is 11.7 Å². The summed E-state index contributed by atoms with van der Waals surface area (Å²) in [5, 5.41) is 53.8. The van der Waals surface area contributed by atoms with Crippen molar-refractivity contribution in [2.45, 2.75) is 114 Å². The standard InChI is InChI=1S/C50H69IN6O12/c1-25-13-12-14-26(2)48(65)53-40-39-38(54-50(55-39)16-19-57(20-17-50)24-27(3)51)35-36(44(40)63)43(62)31(7)46-37(35)47(64)49(8,69-46)67-22-15-32(66-11)28(4)45(30(6)42(61)29(5)41(25)60)68-34(59)23-33(58)52-18-21-56(9)10/h12-15,22,25,27-30,32,41-42,45,54,60-63H,16-21,23-24H2,1-11H3,(H,52,58)/b13-12+,22-15+,26-14-,53-40?/t25-,27?,28+,29+,30+,32-,41-,42+,45+,49-/m0/s1. The van der Waals surface area contributed by atoms with E-state index in [2.05, 4.69) is 50.0 Å². The first-order valence-electron chi connectivity index (χ1n) is 23.6. The van der Waals surface area contributed by atoms with Crippen molar-refractivity contribution >= 4 is 62.6 Å². The van der Waals surface area contributed by atoms with Crippen LogP contribution in [0.25, 0.3) is 10.8 Å². The van der Waals surface area contributed by atoms with Crippen LogP contribution in [0, 0.1) is 30.6 Å². The molecule has 4 aliphatic rings. The molecule has 19 heteroatoms.